The molecule has 3 heteroatoms. The third-order valence-electron chi connectivity index (χ3n) is 2.86. The molecule has 0 radical (unpaired) electrons. The highest BCUT2D eigenvalue weighted by Gasteiger charge is 2.09. The van der Waals surface area contributed by atoms with E-state index in [9.17, 15) is 0 Å². The monoisotopic (exact) mass is 236 g/mol. The van der Waals surface area contributed by atoms with Crippen molar-refractivity contribution in [1.82, 2.24) is 10.3 Å². The van der Waals surface area contributed by atoms with E-state index in [0.29, 0.717) is 12.0 Å². The van der Waals surface area contributed by atoms with Crippen LogP contribution in [0.3, 0.4) is 0 Å². The first-order valence-corrected chi connectivity index (χ1v) is 6.92. The number of hydrogen-bond acceptors (Lipinski definition) is 3. The summed E-state index contributed by atoms with van der Waals surface area (Å²) in [4.78, 5) is 5.79. The first-order chi connectivity index (χ1) is 7.75. The SMILES string of the molecule is CC(C)c1ncc(CNC2C=CCCC2)s1. The fourth-order valence-electron chi connectivity index (χ4n) is 1.89. The minimum absolute atomic E-state index is 0.549. The van der Waals surface area contributed by atoms with Crippen LogP contribution in [-0.4, -0.2) is 11.0 Å². The van der Waals surface area contributed by atoms with E-state index in [0.717, 1.165) is 6.54 Å². The van der Waals surface area contributed by atoms with Gasteiger partial charge in [-0.05, 0) is 19.3 Å². The van der Waals surface area contributed by atoms with Gasteiger partial charge < -0.3 is 5.32 Å². The van der Waals surface area contributed by atoms with Crippen LogP contribution in [0.5, 0.6) is 0 Å². The Balaban J connectivity index is 1.84. The van der Waals surface area contributed by atoms with E-state index in [2.05, 4.69) is 36.3 Å². The summed E-state index contributed by atoms with van der Waals surface area (Å²) >= 11 is 1.83. The van der Waals surface area contributed by atoms with Crippen LogP contribution in [0.2, 0.25) is 0 Å². The summed E-state index contributed by atoms with van der Waals surface area (Å²) < 4.78 is 0. The molecule has 2 nitrogen and oxygen atoms in total. The lowest BCUT2D eigenvalue weighted by molar-refractivity contribution is 0.524. The van der Waals surface area contributed by atoms with Gasteiger partial charge in [-0.1, -0.05) is 26.0 Å². The molecule has 1 N–H and O–H groups in total. The third-order valence-corrected chi connectivity index (χ3v) is 4.16. The van der Waals surface area contributed by atoms with Gasteiger partial charge in [0, 0.05) is 29.6 Å². The number of nitrogens with one attached hydrogen (secondary N) is 1. The Kier molecular flexibility index (Phi) is 4.13. The van der Waals surface area contributed by atoms with Gasteiger partial charge >= 0.3 is 0 Å². The lowest BCUT2D eigenvalue weighted by atomic mass is 10.0. The van der Waals surface area contributed by atoms with Gasteiger partial charge in [0.1, 0.15) is 0 Å². The Hall–Kier alpha value is -0.670. The summed E-state index contributed by atoms with van der Waals surface area (Å²) in [6, 6.07) is 0.568. The van der Waals surface area contributed by atoms with Crippen molar-refractivity contribution in [1.29, 1.82) is 0 Å². The van der Waals surface area contributed by atoms with Gasteiger partial charge in [-0.3, -0.25) is 0 Å². The summed E-state index contributed by atoms with van der Waals surface area (Å²) in [6.07, 6.45) is 10.4. The molecule has 0 fully saturated rings. The molecule has 16 heavy (non-hydrogen) atoms. The number of rotatable bonds is 4. The first-order valence-electron chi connectivity index (χ1n) is 6.10. The van der Waals surface area contributed by atoms with E-state index in [4.69, 9.17) is 0 Å². The molecular formula is C13H20N2S. The minimum Gasteiger partial charge on any atom is -0.306 e. The highest BCUT2D eigenvalue weighted by molar-refractivity contribution is 7.11. The molecule has 0 aromatic carbocycles. The molecule has 0 aliphatic heterocycles. The molecule has 2 rings (SSSR count). The van der Waals surface area contributed by atoms with Crippen LogP contribution < -0.4 is 5.32 Å². The summed E-state index contributed by atoms with van der Waals surface area (Å²) in [7, 11) is 0. The van der Waals surface area contributed by atoms with Crippen molar-refractivity contribution < 1.29 is 0 Å². The van der Waals surface area contributed by atoms with Crippen molar-refractivity contribution in [3.05, 3.63) is 28.2 Å². The number of thiazole rings is 1. The van der Waals surface area contributed by atoms with Crippen LogP contribution in [0.15, 0.2) is 18.3 Å². The maximum atomic E-state index is 4.44. The van der Waals surface area contributed by atoms with Crippen molar-refractivity contribution in [2.45, 2.75) is 51.6 Å². The van der Waals surface area contributed by atoms with Gasteiger partial charge in [-0.15, -0.1) is 11.3 Å². The van der Waals surface area contributed by atoms with Gasteiger partial charge in [-0.25, -0.2) is 4.98 Å². The van der Waals surface area contributed by atoms with E-state index in [1.54, 1.807) is 0 Å². The van der Waals surface area contributed by atoms with Gasteiger partial charge in [0.2, 0.25) is 0 Å². The molecule has 0 saturated heterocycles. The molecule has 1 heterocycles. The average molecular weight is 236 g/mol. The van der Waals surface area contributed by atoms with Gasteiger partial charge in [0.05, 0.1) is 5.01 Å². The van der Waals surface area contributed by atoms with Crippen molar-refractivity contribution >= 4 is 11.3 Å². The van der Waals surface area contributed by atoms with E-state index >= 15 is 0 Å². The van der Waals surface area contributed by atoms with Gasteiger partial charge in [0.25, 0.3) is 0 Å². The molecule has 0 amide bonds. The molecule has 0 saturated carbocycles. The molecule has 0 bridgehead atoms. The van der Waals surface area contributed by atoms with Crippen LogP contribution in [0.25, 0.3) is 0 Å². The van der Waals surface area contributed by atoms with Crippen LogP contribution in [0.4, 0.5) is 0 Å². The van der Waals surface area contributed by atoms with E-state index < -0.39 is 0 Å². The highest BCUT2D eigenvalue weighted by atomic mass is 32.1. The van der Waals surface area contributed by atoms with E-state index in [-0.39, 0.29) is 0 Å². The van der Waals surface area contributed by atoms with Gasteiger partial charge in [-0.2, -0.15) is 0 Å². The second-order valence-electron chi connectivity index (χ2n) is 4.67. The van der Waals surface area contributed by atoms with Crippen molar-refractivity contribution in [3.63, 3.8) is 0 Å². The van der Waals surface area contributed by atoms with E-state index in [1.807, 2.05) is 17.5 Å². The summed E-state index contributed by atoms with van der Waals surface area (Å²) in [6.45, 7) is 5.35. The van der Waals surface area contributed by atoms with Crippen LogP contribution in [0, 0.1) is 0 Å². The zero-order valence-corrected chi connectivity index (χ0v) is 10.9. The third kappa shape index (κ3) is 3.16. The summed E-state index contributed by atoms with van der Waals surface area (Å²) in [5.41, 5.74) is 0. The number of aromatic nitrogens is 1. The molecule has 1 aliphatic rings. The zero-order valence-electron chi connectivity index (χ0n) is 10.1. The lowest BCUT2D eigenvalue weighted by Gasteiger charge is -2.17. The Morgan fingerprint density at radius 2 is 2.44 bits per heavy atom. The molecule has 1 unspecified atom stereocenters. The number of nitrogens with zero attached hydrogens (tertiary/aromatic N) is 1. The Morgan fingerprint density at radius 1 is 1.56 bits per heavy atom. The lowest BCUT2D eigenvalue weighted by Crippen LogP contribution is -2.27. The molecule has 1 aliphatic carbocycles. The van der Waals surface area contributed by atoms with Crippen LogP contribution in [-0.2, 0) is 6.54 Å². The Labute approximate surface area is 102 Å². The topological polar surface area (TPSA) is 24.9 Å². The van der Waals surface area contributed by atoms with Crippen molar-refractivity contribution in [3.8, 4) is 0 Å². The second-order valence-corrected chi connectivity index (χ2v) is 5.81. The van der Waals surface area contributed by atoms with Crippen molar-refractivity contribution in [2.75, 3.05) is 0 Å². The Morgan fingerprint density at radius 3 is 3.06 bits per heavy atom. The summed E-state index contributed by atoms with van der Waals surface area (Å²) in [5, 5.41) is 4.82. The maximum Gasteiger partial charge on any atom is 0.0953 e. The molecule has 88 valence electrons. The standard InChI is InChI=1S/C13H20N2S/c1-10(2)13-15-9-12(16-13)8-14-11-6-4-3-5-7-11/h4,6,9-11,14H,3,5,7-8H2,1-2H3. The predicted octanol–water partition coefficient (Wildman–Crippen LogP) is 3.46. The number of allylic oxidation sites excluding steroid dienone is 1. The van der Waals surface area contributed by atoms with Gasteiger partial charge in [0.15, 0.2) is 0 Å². The highest BCUT2D eigenvalue weighted by Crippen LogP contribution is 2.21. The molecular weight excluding hydrogens is 216 g/mol. The average Bonchev–Trinajstić information content (AvgIpc) is 2.76. The minimum atomic E-state index is 0.549. The quantitative estimate of drug-likeness (QED) is 0.810. The molecule has 1 aromatic rings. The second kappa shape index (κ2) is 5.60. The normalized spacial score (nSPS) is 20.6. The maximum absolute atomic E-state index is 4.44. The molecule has 0 spiro atoms. The van der Waals surface area contributed by atoms with Crippen LogP contribution >= 0.6 is 11.3 Å². The fraction of sp³-hybridized carbons (Fsp3) is 0.615. The largest absolute Gasteiger partial charge is 0.306 e. The molecule has 1 atom stereocenters. The molecule has 1 aromatic heterocycles. The Bertz CT molecular complexity index is 355. The fourth-order valence-corrected chi connectivity index (χ4v) is 2.76. The van der Waals surface area contributed by atoms with Crippen LogP contribution in [0.1, 0.15) is 48.9 Å². The number of hydrogen-bond donors (Lipinski definition) is 1. The van der Waals surface area contributed by atoms with E-state index in [1.165, 1.54) is 29.1 Å². The predicted molar refractivity (Wildman–Crippen MR) is 69.8 cm³/mol. The summed E-state index contributed by atoms with van der Waals surface area (Å²) in [5.74, 6) is 0.549. The first kappa shape index (κ1) is 11.8. The van der Waals surface area contributed by atoms with Crippen molar-refractivity contribution in [2.24, 2.45) is 0 Å². The zero-order chi connectivity index (χ0) is 11.4. The smallest absolute Gasteiger partial charge is 0.0953 e.